The largest absolute Gasteiger partial charge is 0.507 e. The normalized spacial score (nSPS) is 25.1. The van der Waals surface area contributed by atoms with Crippen molar-refractivity contribution in [3.8, 4) is 11.5 Å². The number of hydrogen-bond acceptors (Lipinski definition) is 4. The fourth-order valence-electron chi connectivity index (χ4n) is 2.66. The Bertz CT molecular complexity index is 395. The van der Waals surface area contributed by atoms with Crippen molar-refractivity contribution < 1.29 is 9.84 Å². The highest BCUT2D eigenvalue weighted by molar-refractivity contribution is 5.46. The van der Waals surface area contributed by atoms with Crippen LogP contribution >= 0.6 is 0 Å². The Balaban J connectivity index is 2.34. The monoisotopic (exact) mass is 236 g/mol. The molecule has 4 nitrogen and oxygen atoms in total. The lowest BCUT2D eigenvalue weighted by Gasteiger charge is -2.22. The van der Waals surface area contributed by atoms with Gasteiger partial charge in [0, 0.05) is 12.6 Å². The van der Waals surface area contributed by atoms with Crippen LogP contribution in [-0.2, 0) is 0 Å². The second kappa shape index (κ2) is 4.94. The molecular formula is C13H20N2O2. The molecule has 1 heterocycles. The molecule has 0 saturated carbocycles. The van der Waals surface area contributed by atoms with Gasteiger partial charge in [0.2, 0.25) is 0 Å². The van der Waals surface area contributed by atoms with Gasteiger partial charge < -0.3 is 15.6 Å². The lowest BCUT2D eigenvalue weighted by atomic mass is 9.98. The molecule has 94 valence electrons. The Kier molecular flexibility index (Phi) is 3.54. The summed E-state index contributed by atoms with van der Waals surface area (Å²) in [5, 5.41) is 10.0. The summed E-state index contributed by atoms with van der Waals surface area (Å²) in [5.74, 6) is 1.55. The van der Waals surface area contributed by atoms with E-state index in [9.17, 15) is 5.11 Å². The number of methoxy groups -OCH3 is 1. The van der Waals surface area contributed by atoms with Crippen molar-refractivity contribution in [3.05, 3.63) is 23.8 Å². The van der Waals surface area contributed by atoms with E-state index in [1.807, 2.05) is 6.07 Å². The van der Waals surface area contributed by atoms with Crippen LogP contribution in [0.5, 0.6) is 11.5 Å². The Hall–Kier alpha value is -1.26. The highest BCUT2D eigenvalue weighted by Gasteiger charge is 2.33. The van der Waals surface area contributed by atoms with Gasteiger partial charge in [-0.3, -0.25) is 4.90 Å². The van der Waals surface area contributed by atoms with Gasteiger partial charge >= 0.3 is 0 Å². The molecule has 2 unspecified atom stereocenters. The average molecular weight is 236 g/mol. The van der Waals surface area contributed by atoms with E-state index in [4.69, 9.17) is 10.5 Å². The number of aromatic hydroxyl groups is 1. The molecule has 17 heavy (non-hydrogen) atoms. The summed E-state index contributed by atoms with van der Waals surface area (Å²) in [5.41, 5.74) is 6.61. The quantitative estimate of drug-likeness (QED) is 0.831. The molecule has 2 rings (SSSR count). The van der Waals surface area contributed by atoms with Crippen LogP contribution in [0.4, 0.5) is 0 Å². The van der Waals surface area contributed by atoms with Gasteiger partial charge in [-0.1, -0.05) is 6.07 Å². The zero-order valence-corrected chi connectivity index (χ0v) is 10.4. The second-order valence-electron chi connectivity index (χ2n) is 4.69. The summed E-state index contributed by atoms with van der Waals surface area (Å²) >= 11 is 0. The minimum Gasteiger partial charge on any atom is -0.507 e. The van der Waals surface area contributed by atoms with Crippen LogP contribution in [0.15, 0.2) is 18.2 Å². The molecule has 0 aromatic heterocycles. The van der Waals surface area contributed by atoms with Crippen LogP contribution in [0.3, 0.4) is 0 Å². The van der Waals surface area contributed by atoms with Crippen molar-refractivity contribution in [2.45, 2.75) is 12.5 Å². The van der Waals surface area contributed by atoms with Gasteiger partial charge in [0.25, 0.3) is 0 Å². The van der Waals surface area contributed by atoms with E-state index in [0.29, 0.717) is 18.2 Å². The molecule has 0 bridgehead atoms. The third-order valence-corrected chi connectivity index (χ3v) is 3.56. The first-order valence-electron chi connectivity index (χ1n) is 5.93. The van der Waals surface area contributed by atoms with Gasteiger partial charge in [0.05, 0.1) is 12.7 Å². The van der Waals surface area contributed by atoms with Crippen LogP contribution in [0.1, 0.15) is 18.0 Å². The van der Waals surface area contributed by atoms with Gasteiger partial charge in [-0.05, 0) is 38.1 Å². The fraction of sp³-hybridized carbons (Fsp3) is 0.538. The molecular weight excluding hydrogens is 216 g/mol. The SMILES string of the molecule is COc1cccc(O)c1C1CC(CN)CN1C. The maximum atomic E-state index is 10.0. The van der Waals surface area contributed by atoms with E-state index in [1.165, 1.54) is 0 Å². The summed E-state index contributed by atoms with van der Waals surface area (Å²) in [6.07, 6.45) is 0.973. The fourth-order valence-corrected chi connectivity index (χ4v) is 2.66. The predicted molar refractivity (Wildman–Crippen MR) is 67.2 cm³/mol. The van der Waals surface area contributed by atoms with E-state index in [2.05, 4.69) is 11.9 Å². The Morgan fingerprint density at radius 3 is 2.88 bits per heavy atom. The van der Waals surface area contributed by atoms with Crippen LogP contribution in [0, 0.1) is 5.92 Å². The zero-order valence-electron chi connectivity index (χ0n) is 10.4. The standard InChI is InChI=1S/C13H20N2O2/c1-15-8-9(7-14)6-10(15)13-11(16)4-3-5-12(13)17-2/h3-5,9-10,16H,6-8,14H2,1-2H3. The minimum absolute atomic E-state index is 0.194. The molecule has 1 saturated heterocycles. The predicted octanol–water partition coefficient (Wildman–Crippen LogP) is 1.35. The molecule has 0 amide bonds. The van der Waals surface area contributed by atoms with E-state index in [0.717, 1.165) is 24.3 Å². The highest BCUT2D eigenvalue weighted by atomic mass is 16.5. The zero-order chi connectivity index (χ0) is 12.4. The van der Waals surface area contributed by atoms with Gasteiger partial charge in [-0.25, -0.2) is 0 Å². The summed E-state index contributed by atoms with van der Waals surface area (Å²) in [4.78, 5) is 2.23. The number of ether oxygens (including phenoxy) is 1. The molecule has 0 radical (unpaired) electrons. The number of phenolic OH excluding ortho intramolecular Hbond substituents is 1. The number of nitrogens with zero attached hydrogens (tertiary/aromatic N) is 1. The van der Waals surface area contributed by atoms with E-state index < -0.39 is 0 Å². The van der Waals surface area contributed by atoms with Crippen LogP contribution in [0.2, 0.25) is 0 Å². The van der Waals surface area contributed by atoms with Gasteiger partial charge in [0.1, 0.15) is 11.5 Å². The number of likely N-dealkylation sites (tertiary alicyclic amines) is 1. The minimum atomic E-state index is 0.194. The Morgan fingerprint density at radius 2 is 2.29 bits per heavy atom. The van der Waals surface area contributed by atoms with Crippen molar-refractivity contribution in [2.24, 2.45) is 11.7 Å². The first-order chi connectivity index (χ1) is 8.17. The molecule has 0 spiro atoms. The molecule has 1 aliphatic heterocycles. The van der Waals surface area contributed by atoms with E-state index in [1.54, 1.807) is 19.2 Å². The molecule has 1 aromatic carbocycles. The Labute approximate surface area is 102 Å². The third kappa shape index (κ3) is 2.23. The number of benzene rings is 1. The third-order valence-electron chi connectivity index (χ3n) is 3.56. The van der Waals surface area contributed by atoms with Crippen LogP contribution < -0.4 is 10.5 Å². The van der Waals surface area contributed by atoms with Crippen molar-refractivity contribution in [3.63, 3.8) is 0 Å². The highest BCUT2D eigenvalue weighted by Crippen LogP contribution is 2.42. The number of nitrogens with two attached hydrogens (primary N) is 1. The van der Waals surface area contributed by atoms with Crippen molar-refractivity contribution in [2.75, 3.05) is 27.2 Å². The number of hydrogen-bond donors (Lipinski definition) is 2. The molecule has 2 atom stereocenters. The Morgan fingerprint density at radius 1 is 1.53 bits per heavy atom. The first-order valence-corrected chi connectivity index (χ1v) is 5.93. The average Bonchev–Trinajstić information content (AvgIpc) is 2.70. The first kappa shape index (κ1) is 12.2. The van der Waals surface area contributed by atoms with E-state index in [-0.39, 0.29) is 6.04 Å². The van der Waals surface area contributed by atoms with E-state index >= 15 is 0 Å². The number of rotatable bonds is 3. The summed E-state index contributed by atoms with van der Waals surface area (Å²) < 4.78 is 5.34. The van der Waals surface area contributed by atoms with Crippen molar-refractivity contribution in [1.82, 2.24) is 4.90 Å². The van der Waals surface area contributed by atoms with Crippen LogP contribution in [-0.4, -0.2) is 37.3 Å². The van der Waals surface area contributed by atoms with Crippen molar-refractivity contribution in [1.29, 1.82) is 0 Å². The topological polar surface area (TPSA) is 58.7 Å². The maximum Gasteiger partial charge on any atom is 0.127 e. The van der Waals surface area contributed by atoms with Gasteiger partial charge in [-0.2, -0.15) is 0 Å². The van der Waals surface area contributed by atoms with Crippen LogP contribution in [0.25, 0.3) is 0 Å². The molecule has 1 fully saturated rings. The molecule has 0 aliphatic carbocycles. The van der Waals surface area contributed by atoms with Gasteiger partial charge in [0.15, 0.2) is 0 Å². The molecule has 3 N–H and O–H groups in total. The lowest BCUT2D eigenvalue weighted by Crippen LogP contribution is -2.20. The maximum absolute atomic E-state index is 10.0. The molecule has 4 heteroatoms. The summed E-state index contributed by atoms with van der Waals surface area (Å²) in [6, 6.07) is 5.59. The molecule has 1 aromatic rings. The molecule has 1 aliphatic rings. The van der Waals surface area contributed by atoms with Gasteiger partial charge in [-0.15, -0.1) is 0 Å². The summed E-state index contributed by atoms with van der Waals surface area (Å²) in [7, 11) is 3.69. The second-order valence-corrected chi connectivity index (χ2v) is 4.69. The van der Waals surface area contributed by atoms with Crippen molar-refractivity contribution >= 4 is 0 Å². The number of phenols is 1. The summed E-state index contributed by atoms with van der Waals surface area (Å²) in [6.45, 7) is 1.66. The lowest BCUT2D eigenvalue weighted by molar-refractivity contribution is 0.294. The smallest absolute Gasteiger partial charge is 0.127 e.